The highest BCUT2D eigenvalue weighted by Gasteiger charge is 2.10. The molecule has 0 amide bonds. The molecule has 0 radical (unpaired) electrons. The third kappa shape index (κ3) is 2.15. The standard InChI is InChI=1S/C12H18N2/c1-4-5-11(13)10-7-8(2)6-9(3)12(10)14/h4,6-7,11H,1,5,13-14H2,2-3H3. The maximum absolute atomic E-state index is 5.99. The molecule has 1 aromatic rings. The number of hydrogen-bond donors (Lipinski definition) is 2. The van der Waals surface area contributed by atoms with E-state index in [2.05, 4.69) is 25.6 Å². The Labute approximate surface area is 85.6 Å². The molecule has 0 aromatic heterocycles. The van der Waals surface area contributed by atoms with Gasteiger partial charge in [0.2, 0.25) is 0 Å². The number of benzene rings is 1. The average Bonchev–Trinajstić information content (AvgIpc) is 2.11. The van der Waals surface area contributed by atoms with Crippen molar-refractivity contribution in [2.45, 2.75) is 26.3 Å². The summed E-state index contributed by atoms with van der Waals surface area (Å²) in [6.07, 6.45) is 2.58. The molecule has 0 bridgehead atoms. The van der Waals surface area contributed by atoms with Gasteiger partial charge in [0.25, 0.3) is 0 Å². The molecule has 0 heterocycles. The van der Waals surface area contributed by atoms with Gasteiger partial charge in [0.05, 0.1) is 0 Å². The first-order valence-electron chi connectivity index (χ1n) is 4.79. The van der Waals surface area contributed by atoms with E-state index in [0.717, 1.165) is 23.2 Å². The van der Waals surface area contributed by atoms with E-state index in [1.54, 1.807) is 0 Å². The van der Waals surface area contributed by atoms with Crippen LogP contribution >= 0.6 is 0 Å². The smallest absolute Gasteiger partial charge is 0.0392 e. The van der Waals surface area contributed by atoms with E-state index < -0.39 is 0 Å². The second-order valence-corrected chi connectivity index (χ2v) is 3.72. The molecule has 1 aromatic carbocycles. The Morgan fingerprint density at radius 2 is 2.07 bits per heavy atom. The normalized spacial score (nSPS) is 12.5. The third-order valence-electron chi connectivity index (χ3n) is 2.38. The lowest BCUT2D eigenvalue weighted by Crippen LogP contribution is -2.12. The van der Waals surface area contributed by atoms with E-state index in [-0.39, 0.29) is 6.04 Å². The number of nitrogens with two attached hydrogens (primary N) is 2. The van der Waals surface area contributed by atoms with Crippen LogP contribution in [-0.2, 0) is 0 Å². The lowest BCUT2D eigenvalue weighted by Gasteiger charge is -2.15. The van der Waals surface area contributed by atoms with Crippen molar-refractivity contribution in [1.82, 2.24) is 0 Å². The summed E-state index contributed by atoms with van der Waals surface area (Å²) in [5, 5.41) is 0. The molecule has 1 rings (SSSR count). The van der Waals surface area contributed by atoms with Gasteiger partial charge in [-0.25, -0.2) is 0 Å². The van der Waals surface area contributed by atoms with Crippen molar-refractivity contribution >= 4 is 5.69 Å². The van der Waals surface area contributed by atoms with Crippen LogP contribution in [0.15, 0.2) is 24.8 Å². The average molecular weight is 190 g/mol. The second-order valence-electron chi connectivity index (χ2n) is 3.72. The zero-order chi connectivity index (χ0) is 10.7. The van der Waals surface area contributed by atoms with Crippen LogP contribution in [0.1, 0.15) is 29.2 Å². The Morgan fingerprint density at radius 3 is 2.64 bits per heavy atom. The molecule has 2 nitrogen and oxygen atoms in total. The number of aryl methyl sites for hydroxylation is 2. The summed E-state index contributed by atoms with van der Waals surface area (Å²) in [6, 6.07) is 4.08. The molecule has 1 atom stereocenters. The van der Waals surface area contributed by atoms with Crippen LogP contribution in [0.5, 0.6) is 0 Å². The molecule has 0 fully saturated rings. The minimum absolute atomic E-state index is 0.0360. The van der Waals surface area contributed by atoms with E-state index in [1.165, 1.54) is 5.56 Å². The van der Waals surface area contributed by atoms with E-state index in [1.807, 2.05) is 13.0 Å². The van der Waals surface area contributed by atoms with Crippen molar-refractivity contribution in [3.05, 3.63) is 41.5 Å². The molecule has 2 heteroatoms. The Kier molecular flexibility index (Phi) is 3.31. The molecular formula is C12H18N2. The highest BCUT2D eigenvalue weighted by atomic mass is 14.7. The lowest BCUT2D eigenvalue weighted by atomic mass is 9.97. The zero-order valence-corrected chi connectivity index (χ0v) is 8.88. The molecule has 0 saturated carbocycles. The third-order valence-corrected chi connectivity index (χ3v) is 2.38. The fourth-order valence-electron chi connectivity index (χ4n) is 1.62. The number of hydrogen-bond acceptors (Lipinski definition) is 2. The SMILES string of the molecule is C=CCC(N)c1cc(C)cc(C)c1N. The van der Waals surface area contributed by atoms with Crippen LogP contribution in [0.25, 0.3) is 0 Å². The van der Waals surface area contributed by atoms with E-state index in [4.69, 9.17) is 11.5 Å². The topological polar surface area (TPSA) is 52.0 Å². The van der Waals surface area contributed by atoms with Crippen molar-refractivity contribution < 1.29 is 0 Å². The monoisotopic (exact) mass is 190 g/mol. The van der Waals surface area contributed by atoms with Crippen LogP contribution in [0, 0.1) is 13.8 Å². The largest absolute Gasteiger partial charge is 0.398 e. The summed E-state index contributed by atoms with van der Waals surface area (Å²) >= 11 is 0. The molecule has 4 N–H and O–H groups in total. The predicted molar refractivity (Wildman–Crippen MR) is 62.1 cm³/mol. The van der Waals surface area contributed by atoms with Crippen LogP contribution in [0.3, 0.4) is 0 Å². The molecule has 76 valence electrons. The lowest BCUT2D eigenvalue weighted by molar-refractivity contribution is 0.743. The number of anilines is 1. The maximum Gasteiger partial charge on any atom is 0.0392 e. The fraction of sp³-hybridized carbons (Fsp3) is 0.333. The van der Waals surface area contributed by atoms with E-state index in [9.17, 15) is 0 Å². The summed E-state index contributed by atoms with van der Waals surface area (Å²) < 4.78 is 0. The highest BCUT2D eigenvalue weighted by Crippen LogP contribution is 2.25. The molecule has 14 heavy (non-hydrogen) atoms. The van der Waals surface area contributed by atoms with Gasteiger partial charge in [-0.3, -0.25) is 0 Å². The van der Waals surface area contributed by atoms with Crippen molar-refractivity contribution in [2.24, 2.45) is 5.73 Å². The summed E-state index contributed by atoms with van der Waals surface area (Å²) in [5.41, 5.74) is 16.1. The van der Waals surface area contributed by atoms with Crippen LogP contribution in [0.4, 0.5) is 5.69 Å². The molecule has 0 aliphatic heterocycles. The first-order chi connectivity index (χ1) is 6.56. The van der Waals surface area contributed by atoms with Crippen molar-refractivity contribution in [1.29, 1.82) is 0 Å². The summed E-state index contributed by atoms with van der Waals surface area (Å²) in [5.74, 6) is 0. The molecule has 0 spiro atoms. The van der Waals surface area contributed by atoms with Gasteiger partial charge in [0.1, 0.15) is 0 Å². The molecule has 0 aliphatic rings. The van der Waals surface area contributed by atoms with Gasteiger partial charge in [-0.15, -0.1) is 6.58 Å². The summed E-state index contributed by atoms with van der Waals surface area (Å²) in [6.45, 7) is 7.74. The maximum atomic E-state index is 5.99. The molecule has 0 saturated heterocycles. The summed E-state index contributed by atoms with van der Waals surface area (Å²) in [4.78, 5) is 0. The minimum Gasteiger partial charge on any atom is -0.398 e. The van der Waals surface area contributed by atoms with Gasteiger partial charge in [-0.05, 0) is 31.4 Å². The van der Waals surface area contributed by atoms with Gasteiger partial charge in [-0.2, -0.15) is 0 Å². The van der Waals surface area contributed by atoms with E-state index >= 15 is 0 Å². The zero-order valence-electron chi connectivity index (χ0n) is 8.88. The van der Waals surface area contributed by atoms with Gasteiger partial charge in [-0.1, -0.05) is 23.8 Å². The molecule has 0 aliphatic carbocycles. The van der Waals surface area contributed by atoms with Gasteiger partial charge in [0.15, 0.2) is 0 Å². The quantitative estimate of drug-likeness (QED) is 0.568. The van der Waals surface area contributed by atoms with Crippen molar-refractivity contribution in [3.8, 4) is 0 Å². The van der Waals surface area contributed by atoms with Crippen LogP contribution < -0.4 is 11.5 Å². The Bertz CT molecular complexity index is 342. The van der Waals surface area contributed by atoms with E-state index in [0.29, 0.717) is 0 Å². The molecule has 1 unspecified atom stereocenters. The second kappa shape index (κ2) is 4.29. The molecular weight excluding hydrogens is 172 g/mol. The first-order valence-corrected chi connectivity index (χ1v) is 4.79. The van der Waals surface area contributed by atoms with Gasteiger partial charge in [0, 0.05) is 11.7 Å². The van der Waals surface area contributed by atoms with Gasteiger partial charge < -0.3 is 11.5 Å². The minimum atomic E-state index is -0.0360. The Morgan fingerprint density at radius 1 is 1.43 bits per heavy atom. The summed E-state index contributed by atoms with van der Waals surface area (Å²) in [7, 11) is 0. The van der Waals surface area contributed by atoms with Crippen LogP contribution in [-0.4, -0.2) is 0 Å². The highest BCUT2D eigenvalue weighted by molar-refractivity contribution is 5.56. The predicted octanol–water partition coefficient (Wildman–Crippen LogP) is 2.46. The van der Waals surface area contributed by atoms with Crippen LogP contribution in [0.2, 0.25) is 0 Å². The number of nitrogen functional groups attached to an aromatic ring is 1. The number of rotatable bonds is 3. The first kappa shape index (κ1) is 10.8. The van der Waals surface area contributed by atoms with Crippen molar-refractivity contribution in [3.63, 3.8) is 0 Å². The Balaban J connectivity index is 3.12. The van der Waals surface area contributed by atoms with Gasteiger partial charge >= 0.3 is 0 Å². The van der Waals surface area contributed by atoms with Crippen molar-refractivity contribution in [2.75, 3.05) is 5.73 Å². The Hall–Kier alpha value is -1.28. The fourth-order valence-corrected chi connectivity index (χ4v) is 1.62.